The van der Waals surface area contributed by atoms with Gasteiger partial charge in [-0.25, -0.2) is 0 Å². The summed E-state index contributed by atoms with van der Waals surface area (Å²) in [5.41, 5.74) is 21.6. The topological polar surface area (TPSA) is 94.5 Å². The number of carbonyl (C=O) groups is 1. The summed E-state index contributed by atoms with van der Waals surface area (Å²) in [5.74, 6) is -0.495. The molecule has 4 N–H and O–H groups in total. The minimum Gasteiger partial charge on any atom is -0.412 e. The third-order valence-corrected chi connectivity index (χ3v) is 13.1. The maximum Gasteiger partial charge on any atom is 0.267 e. The number of primary amides is 1. The molecule has 3 aromatic rings. The lowest BCUT2D eigenvalue weighted by molar-refractivity contribution is 0.0995. The summed E-state index contributed by atoms with van der Waals surface area (Å²) in [6.45, 7) is 15.4. The van der Waals surface area contributed by atoms with E-state index in [1.807, 2.05) is 19.1 Å². The van der Waals surface area contributed by atoms with E-state index < -0.39 is 14.2 Å². The molecule has 1 unspecified atom stereocenters. The minimum atomic E-state index is -1.81. The Morgan fingerprint density at radius 3 is 2.59 bits per heavy atom. The molecule has 1 fully saturated rings. The molecule has 7 heteroatoms. The maximum atomic E-state index is 12.3. The summed E-state index contributed by atoms with van der Waals surface area (Å²) in [6.07, 6.45) is 3.71. The van der Waals surface area contributed by atoms with E-state index in [0.29, 0.717) is 12.1 Å². The van der Waals surface area contributed by atoms with Crippen molar-refractivity contribution in [3.05, 3.63) is 65.0 Å². The van der Waals surface area contributed by atoms with Crippen LogP contribution in [-0.2, 0) is 10.8 Å². The molecule has 2 aliphatic rings. The minimum absolute atomic E-state index is 0.200. The summed E-state index contributed by atoms with van der Waals surface area (Å²) in [5, 5.41) is 0.200. The van der Waals surface area contributed by atoms with Crippen molar-refractivity contribution >= 4 is 25.6 Å². The quantitative estimate of drug-likeness (QED) is 0.255. The van der Waals surface area contributed by atoms with Crippen LogP contribution in [0.1, 0.15) is 54.4 Å². The monoisotopic (exact) mass is 514 g/mol. The fraction of sp³-hybridized carbons (Fsp3) is 0.400. The van der Waals surface area contributed by atoms with Crippen molar-refractivity contribution in [3.8, 4) is 22.3 Å². The van der Waals surface area contributed by atoms with E-state index in [4.69, 9.17) is 15.9 Å². The number of nitrogen functional groups attached to an aromatic ring is 1. The zero-order valence-corrected chi connectivity index (χ0v) is 23.8. The second-order valence-electron chi connectivity index (χ2n) is 12.0. The van der Waals surface area contributed by atoms with Gasteiger partial charge in [-0.15, -0.1) is 0 Å². The van der Waals surface area contributed by atoms with Crippen LogP contribution in [0.5, 0.6) is 0 Å². The lowest BCUT2D eigenvalue weighted by Gasteiger charge is -2.38. The number of hydrogen-bond acceptors (Lipinski definition) is 5. The Morgan fingerprint density at radius 2 is 1.89 bits per heavy atom. The van der Waals surface area contributed by atoms with Crippen LogP contribution in [0.3, 0.4) is 0 Å². The number of rotatable bonds is 5. The van der Waals surface area contributed by atoms with Gasteiger partial charge in [0.2, 0.25) is 0 Å². The molecular weight excluding hydrogens is 476 g/mol. The van der Waals surface area contributed by atoms with Crippen LogP contribution in [0.4, 0.5) is 11.4 Å². The molecule has 0 radical (unpaired) electrons. The number of fused-ring (bicyclic) bond motifs is 3. The van der Waals surface area contributed by atoms with Gasteiger partial charge in [0.15, 0.2) is 8.32 Å². The largest absolute Gasteiger partial charge is 0.412 e. The van der Waals surface area contributed by atoms with E-state index in [-0.39, 0.29) is 11.1 Å². The summed E-state index contributed by atoms with van der Waals surface area (Å²) in [7, 11) is -1.81. The van der Waals surface area contributed by atoms with Crippen molar-refractivity contribution in [2.24, 2.45) is 5.73 Å². The van der Waals surface area contributed by atoms with Gasteiger partial charge >= 0.3 is 0 Å². The molecule has 1 amide bonds. The first-order chi connectivity index (χ1) is 17.4. The van der Waals surface area contributed by atoms with Crippen molar-refractivity contribution in [2.75, 3.05) is 23.7 Å². The van der Waals surface area contributed by atoms with Gasteiger partial charge in [0, 0.05) is 42.6 Å². The predicted molar refractivity (Wildman–Crippen MR) is 154 cm³/mol. The number of aromatic nitrogens is 1. The average molecular weight is 515 g/mol. The number of nitrogens with zero attached hydrogens (tertiary/aromatic N) is 2. The van der Waals surface area contributed by atoms with E-state index in [1.165, 1.54) is 11.3 Å². The van der Waals surface area contributed by atoms with Crippen molar-refractivity contribution in [2.45, 2.75) is 64.8 Å². The molecule has 2 aromatic carbocycles. The molecule has 1 aliphatic carbocycles. The number of anilines is 2. The second-order valence-corrected chi connectivity index (χ2v) is 16.8. The van der Waals surface area contributed by atoms with Crippen LogP contribution < -0.4 is 16.4 Å². The average Bonchev–Trinajstić information content (AvgIpc) is 3.43. The zero-order chi connectivity index (χ0) is 26.7. The van der Waals surface area contributed by atoms with Crippen LogP contribution in [0, 0.1) is 6.92 Å². The fourth-order valence-corrected chi connectivity index (χ4v) is 6.78. The van der Waals surface area contributed by atoms with Crippen molar-refractivity contribution in [3.63, 3.8) is 0 Å². The molecule has 1 saturated heterocycles. The third kappa shape index (κ3) is 4.44. The Labute approximate surface area is 221 Å². The highest BCUT2D eigenvalue weighted by Crippen LogP contribution is 2.46. The van der Waals surface area contributed by atoms with Gasteiger partial charge in [-0.05, 0) is 83.1 Å². The zero-order valence-electron chi connectivity index (χ0n) is 22.8. The maximum absolute atomic E-state index is 12.3. The van der Waals surface area contributed by atoms with Crippen LogP contribution in [0.2, 0.25) is 18.1 Å². The van der Waals surface area contributed by atoms with Crippen molar-refractivity contribution in [1.82, 2.24) is 4.98 Å². The number of nitrogens with two attached hydrogens (primary N) is 2. The van der Waals surface area contributed by atoms with E-state index in [1.54, 1.807) is 6.20 Å². The Hall–Kier alpha value is -3.16. The Balaban J connectivity index is 1.49. The predicted octanol–water partition coefficient (Wildman–Crippen LogP) is 5.91. The van der Waals surface area contributed by atoms with Gasteiger partial charge in [0.05, 0.1) is 6.10 Å². The van der Waals surface area contributed by atoms with E-state index in [9.17, 15) is 4.79 Å². The molecule has 194 valence electrons. The fourth-order valence-electron chi connectivity index (χ4n) is 5.40. The molecule has 1 aromatic heterocycles. The smallest absolute Gasteiger partial charge is 0.267 e. The number of amides is 1. The van der Waals surface area contributed by atoms with Crippen molar-refractivity contribution < 1.29 is 9.22 Å². The summed E-state index contributed by atoms with van der Waals surface area (Å²) in [6, 6.07) is 12.6. The molecule has 5 rings (SSSR count). The first-order valence-corrected chi connectivity index (χ1v) is 16.0. The van der Waals surface area contributed by atoms with Crippen LogP contribution in [0.25, 0.3) is 22.3 Å². The second kappa shape index (κ2) is 8.99. The van der Waals surface area contributed by atoms with Gasteiger partial charge < -0.3 is 20.8 Å². The van der Waals surface area contributed by atoms with E-state index >= 15 is 0 Å². The molecule has 0 saturated carbocycles. The summed E-state index contributed by atoms with van der Waals surface area (Å²) >= 11 is 0. The first kappa shape index (κ1) is 25.5. The lowest BCUT2D eigenvalue weighted by Crippen LogP contribution is -2.44. The first-order valence-electron chi connectivity index (χ1n) is 13.1. The molecule has 37 heavy (non-hydrogen) atoms. The van der Waals surface area contributed by atoms with Gasteiger partial charge in [-0.3, -0.25) is 9.78 Å². The highest BCUT2D eigenvalue weighted by Gasteiger charge is 2.40. The molecule has 1 aliphatic heterocycles. The standard InChI is InChI=1S/C30H38N4O2Si/c1-18-22(8-7-9-26(18)31)25-16-33-28(29(32)35)24-15-19-14-20(10-11-23(19)27(24)25)34-13-12-21(17-34)36-37(5,6)30(2,3)4/h7-11,14,16,21H,12-13,15,17,31H2,1-6H3,(H2,32,35). The molecular formula is C30H38N4O2Si. The third-order valence-electron chi connectivity index (χ3n) is 8.58. The van der Waals surface area contributed by atoms with Gasteiger partial charge in [-0.2, -0.15) is 0 Å². The number of pyridine rings is 1. The van der Waals surface area contributed by atoms with Gasteiger partial charge in [-0.1, -0.05) is 39.0 Å². The van der Waals surface area contributed by atoms with E-state index in [0.717, 1.165) is 58.6 Å². The normalized spacial score (nSPS) is 17.1. The van der Waals surface area contributed by atoms with Crippen molar-refractivity contribution in [1.29, 1.82) is 0 Å². The molecule has 0 spiro atoms. The van der Waals surface area contributed by atoms with E-state index in [2.05, 4.69) is 68.0 Å². The lowest BCUT2D eigenvalue weighted by atomic mass is 9.92. The Bertz CT molecular complexity index is 1390. The number of benzene rings is 2. The van der Waals surface area contributed by atoms with Crippen LogP contribution in [0.15, 0.2) is 42.6 Å². The molecule has 1 atom stereocenters. The number of hydrogen-bond donors (Lipinski definition) is 2. The highest BCUT2D eigenvalue weighted by atomic mass is 28.4. The number of carbonyl (C=O) groups excluding carboxylic acids is 1. The SMILES string of the molecule is Cc1c(N)cccc1-c1cnc(C(N)=O)c2c1-c1ccc(N3CCC(O[Si](C)(C)C(C)(C)C)C3)cc1C2. The Kier molecular flexibility index (Phi) is 6.19. The Morgan fingerprint density at radius 1 is 1.14 bits per heavy atom. The molecule has 2 heterocycles. The highest BCUT2D eigenvalue weighted by molar-refractivity contribution is 6.74. The van der Waals surface area contributed by atoms with Gasteiger partial charge in [0.25, 0.3) is 5.91 Å². The van der Waals surface area contributed by atoms with Gasteiger partial charge in [0.1, 0.15) is 5.69 Å². The summed E-state index contributed by atoms with van der Waals surface area (Å²) < 4.78 is 6.71. The molecule has 6 nitrogen and oxygen atoms in total. The van der Waals surface area contributed by atoms with Crippen LogP contribution >= 0.6 is 0 Å². The summed E-state index contributed by atoms with van der Waals surface area (Å²) in [4.78, 5) is 19.2. The molecule has 0 bridgehead atoms. The van der Waals surface area contributed by atoms with Crippen LogP contribution in [-0.4, -0.2) is 38.4 Å².